The Kier molecular flexibility index (Phi) is 5.62. The maximum atomic E-state index is 5.95. The van der Waals surface area contributed by atoms with Gasteiger partial charge in [-0.15, -0.1) is 0 Å². The van der Waals surface area contributed by atoms with Gasteiger partial charge in [0.1, 0.15) is 0 Å². The van der Waals surface area contributed by atoms with Crippen molar-refractivity contribution in [1.29, 1.82) is 0 Å². The fourth-order valence-corrected chi connectivity index (χ4v) is 0.979. The van der Waals surface area contributed by atoms with Gasteiger partial charge in [0.2, 0.25) is 0 Å². The molecule has 13 heavy (non-hydrogen) atoms. The molecule has 1 atom stereocenters. The third-order valence-electron chi connectivity index (χ3n) is 3.33. The van der Waals surface area contributed by atoms with Gasteiger partial charge in [-0.2, -0.15) is 0 Å². The molecular weight excluding hydrogens is 160 g/mol. The van der Waals surface area contributed by atoms with Crippen LogP contribution in [0.1, 0.15) is 54.4 Å². The first-order chi connectivity index (χ1) is 5.95. The second-order valence-corrected chi connectivity index (χ2v) is 4.69. The maximum absolute atomic E-state index is 5.95. The zero-order valence-electron chi connectivity index (χ0n) is 10.2. The van der Waals surface area contributed by atoms with Crippen molar-refractivity contribution in [1.82, 2.24) is 0 Å². The minimum atomic E-state index is 0.100. The van der Waals surface area contributed by atoms with Gasteiger partial charge in [0.05, 0.1) is 12.2 Å². The van der Waals surface area contributed by atoms with E-state index in [-0.39, 0.29) is 5.60 Å². The molecule has 0 spiro atoms. The van der Waals surface area contributed by atoms with Crippen LogP contribution in [0.5, 0.6) is 0 Å². The Morgan fingerprint density at radius 1 is 1.08 bits per heavy atom. The Morgan fingerprint density at radius 2 is 1.54 bits per heavy atom. The highest BCUT2D eigenvalue weighted by atomic mass is 16.5. The molecule has 0 aliphatic carbocycles. The first-order valence-corrected chi connectivity index (χ1v) is 5.59. The second kappa shape index (κ2) is 5.64. The molecule has 0 radical (unpaired) electrons. The second-order valence-electron chi connectivity index (χ2n) is 4.69. The summed E-state index contributed by atoms with van der Waals surface area (Å²) in [5, 5.41) is 0. The first-order valence-electron chi connectivity index (χ1n) is 5.59. The minimum absolute atomic E-state index is 0.100. The van der Waals surface area contributed by atoms with Crippen LogP contribution < -0.4 is 0 Å². The number of ether oxygens (including phenoxy) is 1. The largest absolute Gasteiger partial charge is 0.375 e. The number of hydrogen-bond donors (Lipinski definition) is 0. The van der Waals surface area contributed by atoms with E-state index < -0.39 is 0 Å². The zero-order valence-corrected chi connectivity index (χ0v) is 10.2. The molecule has 0 aliphatic heterocycles. The fourth-order valence-electron chi connectivity index (χ4n) is 0.979. The van der Waals surface area contributed by atoms with Gasteiger partial charge in [-0.25, -0.2) is 0 Å². The van der Waals surface area contributed by atoms with Crippen LogP contribution in [0, 0.1) is 11.8 Å². The van der Waals surface area contributed by atoms with Crippen LogP contribution in [0.25, 0.3) is 0 Å². The van der Waals surface area contributed by atoms with Gasteiger partial charge in [-0.1, -0.05) is 34.6 Å². The molecule has 0 rings (SSSR count). The highest BCUT2D eigenvalue weighted by molar-refractivity contribution is 4.71. The maximum Gasteiger partial charge on any atom is 0.0649 e. The minimum Gasteiger partial charge on any atom is -0.375 e. The highest BCUT2D eigenvalue weighted by Crippen LogP contribution is 2.21. The summed E-state index contributed by atoms with van der Waals surface area (Å²) in [7, 11) is 0. The van der Waals surface area contributed by atoms with Gasteiger partial charge in [0, 0.05) is 0 Å². The Morgan fingerprint density at radius 3 is 1.85 bits per heavy atom. The van der Waals surface area contributed by atoms with Crippen molar-refractivity contribution in [3.63, 3.8) is 0 Å². The monoisotopic (exact) mass is 186 g/mol. The van der Waals surface area contributed by atoms with Crippen molar-refractivity contribution in [3.8, 4) is 0 Å². The van der Waals surface area contributed by atoms with Gasteiger partial charge in [-0.05, 0) is 31.6 Å². The van der Waals surface area contributed by atoms with Gasteiger partial charge in [0.25, 0.3) is 0 Å². The van der Waals surface area contributed by atoms with Gasteiger partial charge in [-0.3, -0.25) is 0 Å². The lowest BCUT2D eigenvalue weighted by atomic mass is 9.97. The molecule has 0 heterocycles. The van der Waals surface area contributed by atoms with Crippen LogP contribution >= 0.6 is 0 Å². The summed E-state index contributed by atoms with van der Waals surface area (Å²) in [5.41, 5.74) is 0.100. The molecule has 0 aromatic carbocycles. The van der Waals surface area contributed by atoms with Crippen molar-refractivity contribution < 1.29 is 4.74 Å². The molecule has 1 heteroatoms. The van der Waals surface area contributed by atoms with E-state index in [0.29, 0.717) is 5.92 Å². The predicted octanol–water partition coefficient (Wildman–Crippen LogP) is 3.87. The lowest BCUT2D eigenvalue weighted by Gasteiger charge is -2.29. The topological polar surface area (TPSA) is 9.23 Å². The van der Waals surface area contributed by atoms with Crippen LogP contribution in [-0.2, 0) is 4.74 Å². The zero-order chi connectivity index (χ0) is 10.5. The van der Waals surface area contributed by atoms with E-state index in [1.165, 1.54) is 0 Å². The van der Waals surface area contributed by atoms with E-state index in [4.69, 9.17) is 4.74 Å². The summed E-state index contributed by atoms with van der Waals surface area (Å²) in [6.07, 6.45) is 2.21. The SMILES string of the molecule is CCC(C)(CC)OCC(C)C(C)C. The Balaban J connectivity index is 3.85. The number of hydrogen-bond acceptors (Lipinski definition) is 1. The Hall–Kier alpha value is -0.0400. The van der Waals surface area contributed by atoms with Crippen molar-refractivity contribution in [2.75, 3.05) is 6.61 Å². The molecule has 1 unspecified atom stereocenters. The lowest BCUT2D eigenvalue weighted by Crippen LogP contribution is -2.29. The summed E-state index contributed by atoms with van der Waals surface area (Å²) >= 11 is 0. The molecule has 0 N–H and O–H groups in total. The average molecular weight is 186 g/mol. The summed E-state index contributed by atoms with van der Waals surface area (Å²) in [4.78, 5) is 0. The molecule has 0 aliphatic rings. The van der Waals surface area contributed by atoms with Gasteiger partial charge in [0.15, 0.2) is 0 Å². The van der Waals surface area contributed by atoms with Crippen LogP contribution in [-0.4, -0.2) is 12.2 Å². The summed E-state index contributed by atoms with van der Waals surface area (Å²) in [6, 6.07) is 0. The van der Waals surface area contributed by atoms with Crippen molar-refractivity contribution >= 4 is 0 Å². The van der Waals surface area contributed by atoms with Crippen molar-refractivity contribution in [2.24, 2.45) is 11.8 Å². The molecule has 0 saturated carbocycles. The molecule has 0 fully saturated rings. The molecule has 1 nitrogen and oxygen atoms in total. The van der Waals surface area contributed by atoms with Crippen molar-refractivity contribution in [3.05, 3.63) is 0 Å². The Bertz CT molecular complexity index is 125. The fraction of sp³-hybridized carbons (Fsp3) is 1.00. The molecule has 0 saturated heterocycles. The van der Waals surface area contributed by atoms with E-state index in [2.05, 4.69) is 41.5 Å². The summed E-state index contributed by atoms with van der Waals surface area (Å²) in [5.74, 6) is 1.38. The van der Waals surface area contributed by atoms with E-state index in [9.17, 15) is 0 Å². The third-order valence-corrected chi connectivity index (χ3v) is 3.33. The normalized spacial score (nSPS) is 15.0. The molecule has 0 aromatic rings. The van der Waals surface area contributed by atoms with Crippen molar-refractivity contribution in [2.45, 2.75) is 60.0 Å². The average Bonchev–Trinajstić information content (AvgIpc) is 2.13. The van der Waals surface area contributed by atoms with E-state index >= 15 is 0 Å². The molecule has 0 bridgehead atoms. The lowest BCUT2D eigenvalue weighted by molar-refractivity contribution is -0.0563. The standard InChI is InChI=1S/C12H26O/c1-7-12(6,8-2)13-9-11(5)10(3)4/h10-11H,7-9H2,1-6H3. The van der Waals surface area contributed by atoms with E-state index in [0.717, 1.165) is 25.4 Å². The molecular formula is C12H26O. The van der Waals surface area contributed by atoms with E-state index in [1.807, 2.05) is 0 Å². The van der Waals surface area contributed by atoms with Gasteiger partial charge < -0.3 is 4.74 Å². The third kappa shape index (κ3) is 4.66. The summed E-state index contributed by atoms with van der Waals surface area (Å²) in [6.45, 7) is 14.3. The van der Waals surface area contributed by atoms with Crippen LogP contribution in [0.4, 0.5) is 0 Å². The predicted molar refractivity (Wildman–Crippen MR) is 58.9 cm³/mol. The van der Waals surface area contributed by atoms with Crippen LogP contribution in [0.3, 0.4) is 0 Å². The summed E-state index contributed by atoms with van der Waals surface area (Å²) < 4.78 is 5.95. The van der Waals surface area contributed by atoms with Gasteiger partial charge >= 0.3 is 0 Å². The highest BCUT2D eigenvalue weighted by Gasteiger charge is 2.21. The quantitative estimate of drug-likeness (QED) is 0.612. The van der Waals surface area contributed by atoms with Crippen LogP contribution in [0.2, 0.25) is 0 Å². The molecule has 0 amide bonds. The Labute approximate surface area is 83.9 Å². The smallest absolute Gasteiger partial charge is 0.0649 e. The number of rotatable bonds is 6. The van der Waals surface area contributed by atoms with Crippen LogP contribution in [0.15, 0.2) is 0 Å². The molecule has 80 valence electrons. The first kappa shape index (κ1) is 13.0. The van der Waals surface area contributed by atoms with E-state index in [1.54, 1.807) is 0 Å². The molecule has 0 aromatic heterocycles.